The minimum atomic E-state index is 0.878. The average molecular weight is 212 g/mol. The van der Waals surface area contributed by atoms with E-state index in [1.165, 1.54) is 19.4 Å². The fourth-order valence-electron chi connectivity index (χ4n) is 1.92. The van der Waals surface area contributed by atoms with E-state index in [-0.39, 0.29) is 0 Å². The molecule has 1 rings (SSSR count). The highest BCUT2D eigenvalue weighted by atomic mass is 16.5. The zero-order chi connectivity index (χ0) is 10.9. The Morgan fingerprint density at radius 1 is 1.33 bits per heavy atom. The number of morpholine rings is 1. The molecule has 0 amide bonds. The third-order valence-electron chi connectivity index (χ3n) is 2.83. The molecule has 1 aliphatic heterocycles. The lowest BCUT2D eigenvalue weighted by atomic mass is 10.2. The van der Waals surface area contributed by atoms with Gasteiger partial charge < -0.3 is 4.74 Å². The molecule has 0 N–H and O–H groups in total. The molecule has 1 saturated heterocycles. The minimum absolute atomic E-state index is 0.878. The summed E-state index contributed by atoms with van der Waals surface area (Å²) < 4.78 is 5.36. The number of nitrogens with zero attached hydrogens (tertiary/aromatic N) is 2. The van der Waals surface area contributed by atoms with Crippen LogP contribution in [0.25, 0.3) is 0 Å². The second-order valence-corrected chi connectivity index (χ2v) is 3.90. The molecule has 0 aromatic heterocycles. The van der Waals surface area contributed by atoms with Crippen molar-refractivity contribution in [3.05, 3.63) is 12.7 Å². The van der Waals surface area contributed by atoms with E-state index >= 15 is 0 Å². The van der Waals surface area contributed by atoms with Gasteiger partial charge in [-0.1, -0.05) is 13.0 Å². The summed E-state index contributed by atoms with van der Waals surface area (Å²) in [5.74, 6) is 0. The molecule has 3 nitrogen and oxygen atoms in total. The zero-order valence-electron chi connectivity index (χ0n) is 9.95. The minimum Gasteiger partial charge on any atom is -0.379 e. The van der Waals surface area contributed by atoms with Gasteiger partial charge in [0.1, 0.15) is 0 Å². The van der Waals surface area contributed by atoms with Gasteiger partial charge in [0.2, 0.25) is 0 Å². The van der Waals surface area contributed by atoms with E-state index in [4.69, 9.17) is 4.74 Å². The first-order chi connectivity index (χ1) is 7.38. The monoisotopic (exact) mass is 212 g/mol. The largest absolute Gasteiger partial charge is 0.379 e. The van der Waals surface area contributed by atoms with Crippen LogP contribution < -0.4 is 0 Å². The molecular weight excluding hydrogens is 188 g/mol. The molecule has 0 saturated carbocycles. The lowest BCUT2D eigenvalue weighted by molar-refractivity contribution is -0.0879. The van der Waals surface area contributed by atoms with Crippen LogP contribution in [0.4, 0.5) is 0 Å². The lowest BCUT2D eigenvalue weighted by Gasteiger charge is -2.36. The Balaban J connectivity index is 2.18. The van der Waals surface area contributed by atoms with E-state index in [1.807, 2.05) is 6.08 Å². The number of rotatable bonds is 7. The van der Waals surface area contributed by atoms with Crippen molar-refractivity contribution in [2.45, 2.75) is 26.2 Å². The van der Waals surface area contributed by atoms with Crippen molar-refractivity contribution < 1.29 is 4.74 Å². The number of hydrogen-bond acceptors (Lipinski definition) is 3. The summed E-state index contributed by atoms with van der Waals surface area (Å²) in [5, 5.41) is 4.88. The summed E-state index contributed by atoms with van der Waals surface area (Å²) in [6.45, 7) is 12.1. The molecule has 88 valence electrons. The number of allylic oxidation sites excluding steroid dienone is 1. The summed E-state index contributed by atoms with van der Waals surface area (Å²) in [6.07, 6.45) is 5.66. The highest BCUT2D eigenvalue weighted by Gasteiger charge is 2.15. The molecule has 0 aliphatic carbocycles. The van der Waals surface area contributed by atoms with Gasteiger partial charge in [0.25, 0.3) is 0 Å². The topological polar surface area (TPSA) is 15.7 Å². The molecule has 0 unspecified atom stereocenters. The molecule has 1 aliphatic rings. The second-order valence-electron chi connectivity index (χ2n) is 3.90. The van der Waals surface area contributed by atoms with Crippen LogP contribution in [0.5, 0.6) is 0 Å². The molecule has 0 spiro atoms. The van der Waals surface area contributed by atoms with Crippen LogP contribution >= 0.6 is 0 Å². The standard InChI is InChI=1S/C12H24N2O/c1-3-5-6-7-8-13(4-2)14-9-11-15-12-10-14/h3H,1,4-12H2,2H3. The fraction of sp³-hybridized carbons (Fsp3) is 0.833. The molecule has 0 atom stereocenters. The summed E-state index contributed by atoms with van der Waals surface area (Å²) in [4.78, 5) is 0. The van der Waals surface area contributed by atoms with E-state index in [1.54, 1.807) is 0 Å². The SMILES string of the molecule is C=CCCCCN(CC)N1CCOCC1. The van der Waals surface area contributed by atoms with E-state index in [9.17, 15) is 0 Å². The van der Waals surface area contributed by atoms with Gasteiger partial charge in [-0.15, -0.1) is 6.58 Å². The fourth-order valence-corrected chi connectivity index (χ4v) is 1.92. The molecule has 1 fully saturated rings. The van der Waals surface area contributed by atoms with Crippen LogP contribution in [0.2, 0.25) is 0 Å². The lowest BCUT2D eigenvalue weighted by Crippen LogP contribution is -2.49. The van der Waals surface area contributed by atoms with Gasteiger partial charge in [-0.2, -0.15) is 0 Å². The molecule has 3 heteroatoms. The van der Waals surface area contributed by atoms with Crippen molar-refractivity contribution in [2.24, 2.45) is 0 Å². The van der Waals surface area contributed by atoms with Crippen molar-refractivity contribution in [1.82, 2.24) is 10.0 Å². The number of ether oxygens (including phenoxy) is 1. The quantitative estimate of drug-likeness (QED) is 0.473. The number of unbranched alkanes of at least 4 members (excludes halogenated alkanes) is 2. The van der Waals surface area contributed by atoms with Crippen molar-refractivity contribution >= 4 is 0 Å². The molecular formula is C12H24N2O. The third kappa shape index (κ3) is 4.78. The van der Waals surface area contributed by atoms with E-state index in [0.717, 1.165) is 39.3 Å². The molecule has 15 heavy (non-hydrogen) atoms. The van der Waals surface area contributed by atoms with Crippen molar-refractivity contribution in [3.63, 3.8) is 0 Å². The maximum absolute atomic E-state index is 5.36. The Hall–Kier alpha value is -0.380. The summed E-state index contributed by atoms with van der Waals surface area (Å²) in [5.41, 5.74) is 0. The predicted molar refractivity (Wildman–Crippen MR) is 63.7 cm³/mol. The van der Waals surface area contributed by atoms with Crippen molar-refractivity contribution in [3.8, 4) is 0 Å². The van der Waals surface area contributed by atoms with Gasteiger partial charge in [-0.05, 0) is 19.3 Å². The molecule has 0 aromatic rings. The highest BCUT2D eigenvalue weighted by molar-refractivity contribution is 4.67. The van der Waals surface area contributed by atoms with Gasteiger partial charge in [0, 0.05) is 26.2 Å². The van der Waals surface area contributed by atoms with Crippen molar-refractivity contribution in [2.75, 3.05) is 39.4 Å². The smallest absolute Gasteiger partial charge is 0.0608 e. The summed E-state index contributed by atoms with van der Waals surface area (Å²) >= 11 is 0. The van der Waals surface area contributed by atoms with Gasteiger partial charge in [0.15, 0.2) is 0 Å². The summed E-state index contributed by atoms with van der Waals surface area (Å²) in [6, 6.07) is 0. The highest BCUT2D eigenvalue weighted by Crippen LogP contribution is 2.05. The van der Waals surface area contributed by atoms with Gasteiger partial charge in [0.05, 0.1) is 13.2 Å². The van der Waals surface area contributed by atoms with E-state index < -0.39 is 0 Å². The van der Waals surface area contributed by atoms with Gasteiger partial charge in [-0.3, -0.25) is 0 Å². The molecule has 0 aromatic carbocycles. The van der Waals surface area contributed by atoms with E-state index in [2.05, 4.69) is 23.5 Å². The Morgan fingerprint density at radius 3 is 2.67 bits per heavy atom. The van der Waals surface area contributed by atoms with Crippen LogP contribution in [0, 0.1) is 0 Å². The molecule has 1 heterocycles. The second kappa shape index (κ2) is 7.85. The maximum Gasteiger partial charge on any atom is 0.0608 e. The van der Waals surface area contributed by atoms with Crippen molar-refractivity contribution in [1.29, 1.82) is 0 Å². The zero-order valence-corrected chi connectivity index (χ0v) is 9.95. The van der Waals surface area contributed by atoms with Crippen LogP contribution in [0.3, 0.4) is 0 Å². The number of hydrogen-bond donors (Lipinski definition) is 0. The molecule has 0 radical (unpaired) electrons. The first-order valence-corrected chi connectivity index (χ1v) is 6.07. The van der Waals surface area contributed by atoms with E-state index in [0.29, 0.717) is 0 Å². The van der Waals surface area contributed by atoms with Gasteiger partial charge >= 0.3 is 0 Å². The Kier molecular flexibility index (Phi) is 6.64. The predicted octanol–water partition coefficient (Wildman–Crippen LogP) is 1.91. The first kappa shape index (κ1) is 12.7. The first-order valence-electron chi connectivity index (χ1n) is 6.07. The molecule has 0 bridgehead atoms. The van der Waals surface area contributed by atoms with Crippen LogP contribution in [-0.4, -0.2) is 49.4 Å². The van der Waals surface area contributed by atoms with Gasteiger partial charge in [-0.25, -0.2) is 10.0 Å². The third-order valence-corrected chi connectivity index (χ3v) is 2.83. The Morgan fingerprint density at radius 2 is 2.07 bits per heavy atom. The number of hydrazine groups is 1. The average Bonchev–Trinajstić information content (AvgIpc) is 2.30. The normalized spacial score (nSPS) is 18.3. The Bertz CT molecular complexity index is 167. The summed E-state index contributed by atoms with van der Waals surface area (Å²) in [7, 11) is 0. The Labute approximate surface area is 93.7 Å². The van der Waals surface area contributed by atoms with Crippen LogP contribution in [-0.2, 0) is 4.74 Å². The van der Waals surface area contributed by atoms with Crippen LogP contribution in [0.1, 0.15) is 26.2 Å². The van der Waals surface area contributed by atoms with Crippen LogP contribution in [0.15, 0.2) is 12.7 Å². The maximum atomic E-state index is 5.36.